The summed E-state index contributed by atoms with van der Waals surface area (Å²) in [5.41, 5.74) is 6.02. The summed E-state index contributed by atoms with van der Waals surface area (Å²) in [6, 6.07) is 17.4. The highest BCUT2D eigenvalue weighted by molar-refractivity contribution is 5.78. The maximum atomic E-state index is 8.80. The van der Waals surface area contributed by atoms with Crippen LogP contribution >= 0.6 is 0 Å². The molecule has 3 heteroatoms. The molecule has 78 valence electrons. The van der Waals surface area contributed by atoms with Gasteiger partial charge in [0, 0.05) is 5.56 Å². The van der Waals surface area contributed by atoms with E-state index in [4.69, 9.17) is 11.1 Å². The number of nitrogens with two attached hydrogens (primary N) is 1. The third kappa shape index (κ3) is 1.88. The van der Waals surface area contributed by atoms with Crippen LogP contribution in [-0.2, 0) is 0 Å². The summed E-state index contributed by atoms with van der Waals surface area (Å²) >= 11 is 0. The zero-order chi connectivity index (χ0) is 11.4. The largest absolute Gasteiger partial charge is 0.323 e. The summed E-state index contributed by atoms with van der Waals surface area (Å²) in [6.07, 6.45) is 0. The summed E-state index contributed by atoms with van der Waals surface area (Å²) in [5, 5.41) is 8.80. The summed E-state index contributed by atoms with van der Waals surface area (Å²) in [7, 11) is 0. The molecule has 3 nitrogen and oxygen atoms in total. The molecule has 0 bridgehead atoms. The lowest BCUT2D eigenvalue weighted by Gasteiger charge is -2.09. The minimum absolute atomic E-state index is 0.590. The van der Waals surface area contributed by atoms with Crippen molar-refractivity contribution in [1.82, 2.24) is 0 Å². The number of hydrogen-bond acceptors (Lipinski definition) is 3. The number of nitrogens with one attached hydrogen (secondary N) is 1. The van der Waals surface area contributed by atoms with Gasteiger partial charge >= 0.3 is 0 Å². The summed E-state index contributed by atoms with van der Waals surface area (Å²) in [5.74, 6) is 5.45. The quantitative estimate of drug-likeness (QED) is 0.590. The molecule has 0 spiro atoms. The van der Waals surface area contributed by atoms with Gasteiger partial charge in [0.2, 0.25) is 0 Å². The standard InChI is InChI=1S/C13H11N3/c14-9-10-6-7-12(13(8-10)16-15)11-4-2-1-3-5-11/h1-8,16H,15H2. The van der Waals surface area contributed by atoms with Crippen molar-refractivity contribution in [2.75, 3.05) is 5.43 Å². The molecule has 0 aliphatic rings. The zero-order valence-electron chi connectivity index (χ0n) is 8.64. The maximum absolute atomic E-state index is 8.80. The molecule has 0 aliphatic carbocycles. The van der Waals surface area contributed by atoms with Crippen LogP contribution in [0.5, 0.6) is 0 Å². The molecular formula is C13H11N3. The van der Waals surface area contributed by atoms with E-state index in [1.165, 1.54) is 0 Å². The van der Waals surface area contributed by atoms with Crippen LogP contribution in [0.3, 0.4) is 0 Å². The Kier molecular flexibility index (Phi) is 2.86. The Morgan fingerprint density at radius 1 is 1.06 bits per heavy atom. The van der Waals surface area contributed by atoms with E-state index < -0.39 is 0 Å². The lowest BCUT2D eigenvalue weighted by molar-refractivity contribution is 1.34. The smallest absolute Gasteiger partial charge is 0.0992 e. The predicted octanol–water partition coefficient (Wildman–Crippen LogP) is 2.51. The molecule has 3 N–H and O–H groups in total. The Bertz CT molecular complexity index is 527. The van der Waals surface area contributed by atoms with Crippen molar-refractivity contribution in [2.45, 2.75) is 0 Å². The molecule has 2 rings (SSSR count). The van der Waals surface area contributed by atoms with Crippen LogP contribution in [0.2, 0.25) is 0 Å². The number of nitrogens with zero attached hydrogens (tertiary/aromatic N) is 1. The van der Waals surface area contributed by atoms with Gasteiger partial charge in [-0.3, -0.25) is 5.84 Å². The van der Waals surface area contributed by atoms with E-state index >= 15 is 0 Å². The number of rotatable bonds is 2. The second-order valence-electron chi connectivity index (χ2n) is 3.38. The van der Waals surface area contributed by atoms with Crippen molar-refractivity contribution in [3.8, 4) is 17.2 Å². The molecule has 16 heavy (non-hydrogen) atoms. The SMILES string of the molecule is N#Cc1ccc(-c2ccccc2)c(NN)c1. The second-order valence-corrected chi connectivity index (χ2v) is 3.38. The van der Waals surface area contributed by atoms with Crippen LogP contribution in [0, 0.1) is 11.3 Å². The van der Waals surface area contributed by atoms with Crippen molar-refractivity contribution in [3.63, 3.8) is 0 Å². The molecule has 0 saturated heterocycles. The predicted molar refractivity (Wildman–Crippen MR) is 64.4 cm³/mol. The van der Waals surface area contributed by atoms with E-state index in [1.807, 2.05) is 36.4 Å². The first-order chi connectivity index (χ1) is 7.85. The topological polar surface area (TPSA) is 61.8 Å². The first-order valence-corrected chi connectivity index (χ1v) is 4.91. The Balaban J connectivity index is 2.54. The average Bonchev–Trinajstić information content (AvgIpc) is 2.39. The molecule has 0 heterocycles. The lowest BCUT2D eigenvalue weighted by Crippen LogP contribution is -2.08. The number of hydrogen-bond donors (Lipinski definition) is 2. The first-order valence-electron chi connectivity index (χ1n) is 4.91. The van der Waals surface area contributed by atoms with Crippen LogP contribution in [0.1, 0.15) is 5.56 Å². The maximum Gasteiger partial charge on any atom is 0.0992 e. The van der Waals surface area contributed by atoms with Crippen molar-refractivity contribution < 1.29 is 0 Å². The van der Waals surface area contributed by atoms with Crippen LogP contribution in [-0.4, -0.2) is 0 Å². The monoisotopic (exact) mass is 209 g/mol. The Morgan fingerprint density at radius 3 is 2.44 bits per heavy atom. The van der Waals surface area contributed by atoms with Gasteiger partial charge in [0.05, 0.1) is 17.3 Å². The van der Waals surface area contributed by atoms with E-state index in [0.717, 1.165) is 16.8 Å². The second kappa shape index (κ2) is 4.47. The Morgan fingerprint density at radius 2 is 1.81 bits per heavy atom. The summed E-state index contributed by atoms with van der Waals surface area (Å²) < 4.78 is 0. The van der Waals surface area contributed by atoms with Gasteiger partial charge in [-0.15, -0.1) is 0 Å². The molecular weight excluding hydrogens is 198 g/mol. The Labute approximate surface area is 94.1 Å². The van der Waals surface area contributed by atoms with Gasteiger partial charge < -0.3 is 5.43 Å². The highest BCUT2D eigenvalue weighted by Gasteiger charge is 2.04. The molecule has 2 aromatic carbocycles. The number of nitrogen functional groups attached to an aromatic ring is 1. The normalized spacial score (nSPS) is 9.50. The van der Waals surface area contributed by atoms with Gasteiger partial charge in [0.25, 0.3) is 0 Å². The number of anilines is 1. The third-order valence-corrected chi connectivity index (χ3v) is 2.39. The summed E-state index contributed by atoms with van der Waals surface area (Å²) in [4.78, 5) is 0. The number of nitriles is 1. The molecule has 0 fully saturated rings. The highest BCUT2D eigenvalue weighted by Crippen LogP contribution is 2.27. The van der Waals surface area contributed by atoms with E-state index in [9.17, 15) is 0 Å². The third-order valence-electron chi connectivity index (χ3n) is 2.39. The molecule has 0 radical (unpaired) electrons. The van der Waals surface area contributed by atoms with Crippen molar-refractivity contribution in [3.05, 3.63) is 54.1 Å². The van der Waals surface area contributed by atoms with Crippen LogP contribution in [0.15, 0.2) is 48.5 Å². The zero-order valence-corrected chi connectivity index (χ0v) is 8.64. The van der Waals surface area contributed by atoms with E-state index in [2.05, 4.69) is 11.5 Å². The molecule has 2 aromatic rings. The van der Waals surface area contributed by atoms with Gasteiger partial charge in [-0.1, -0.05) is 36.4 Å². The van der Waals surface area contributed by atoms with Crippen molar-refractivity contribution in [1.29, 1.82) is 5.26 Å². The summed E-state index contributed by atoms with van der Waals surface area (Å²) in [6.45, 7) is 0. The molecule has 0 unspecified atom stereocenters. The molecule has 0 atom stereocenters. The number of benzene rings is 2. The van der Waals surface area contributed by atoms with Crippen molar-refractivity contribution >= 4 is 5.69 Å². The Hall–Kier alpha value is -2.31. The average molecular weight is 209 g/mol. The molecule has 0 aromatic heterocycles. The van der Waals surface area contributed by atoms with E-state index in [0.29, 0.717) is 5.56 Å². The number of hydrazine groups is 1. The molecule has 0 saturated carbocycles. The fourth-order valence-corrected chi connectivity index (χ4v) is 1.60. The van der Waals surface area contributed by atoms with Gasteiger partial charge in [-0.25, -0.2) is 0 Å². The van der Waals surface area contributed by atoms with E-state index in [-0.39, 0.29) is 0 Å². The van der Waals surface area contributed by atoms with Crippen molar-refractivity contribution in [2.24, 2.45) is 5.84 Å². The lowest BCUT2D eigenvalue weighted by atomic mass is 10.0. The molecule has 0 amide bonds. The van der Waals surface area contributed by atoms with Crippen LogP contribution in [0.25, 0.3) is 11.1 Å². The van der Waals surface area contributed by atoms with Crippen LogP contribution in [0.4, 0.5) is 5.69 Å². The van der Waals surface area contributed by atoms with E-state index in [1.54, 1.807) is 12.1 Å². The first kappa shape index (κ1) is 10.2. The van der Waals surface area contributed by atoms with Gasteiger partial charge in [0.1, 0.15) is 0 Å². The fourth-order valence-electron chi connectivity index (χ4n) is 1.60. The van der Waals surface area contributed by atoms with Crippen LogP contribution < -0.4 is 11.3 Å². The minimum atomic E-state index is 0.590. The van der Waals surface area contributed by atoms with Gasteiger partial charge in [0.15, 0.2) is 0 Å². The minimum Gasteiger partial charge on any atom is -0.323 e. The highest BCUT2D eigenvalue weighted by atomic mass is 15.2. The molecule has 0 aliphatic heterocycles. The van der Waals surface area contributed by atoms with Gasteiger partial charge in [-0.05, 0) is 17.7 Å². The van der Waals surface area contributed by atoms with Gasteiger partial charge in [-0.2, -0.15) is 5.26 Å². The fraction of sp³-hybridized carbons (Fsp3) is 0.